The summed E-state index contributed by atoms with van der Waals surface area (Å²) in [5.74, 6) is 2.94. The maximum absolute atomic E-state index is 5.58. The van der Waals surface area contributed by atoms with Gasteiger partial charge in [-0.05, 0) is 31.5 Å². The molecule has 1 saturated heterocycles. The molecule has 0 amide bonds. The highest BCUT2D eigenvalue weighted by Crippen LogP contribution is 2.32. The number of nitrogens with zero attached hydrogens (tertiary/aromatic N) is 7. The van der Waals surface area contributed by atoms with Crippen molar-refractivity contribution in [1.29, 1.82) is 0 Å². The van der Waals surface area contributed by atoms with Crippen LogP contribution in [-0.2, 0) is 6.54 Å². The van der Waals surface area contributed by atoms with Crippen LogP contribution in [0.4, 0.5) is 0 Å². The van der Waals surface area contributed by atoms with E-state index in [-0.39, 0.29) is 6.04 Å². The molecule has 1 aliphatic heterocycles. The highest BCUT2D eigenvalue weighted by Gasteiger charge is 2.31. The number of aromatic nitrogens is 7. The van der Waals surface area contributed by atoms with Crippen molar-refractivity contribution >= 4 is 0 Å². The number of hydrogen-bond donors (Lipinski definition) is 1. The maximum atomic E-state index is 5.58. The minimum atomic E-state index is 0.120. The normalized spacial score (nSPS) is 17.6. The molecule has 1 unspecified atom stereocenters. The van der Waals surface area contributed by atoms with Crippen LogP contribution in [0.1, 0.15) is 30.6 Å². The minimum Gasteiger partial charge on any atom is -0.348 e. The van der Waals surface area contributed by atoms with Gasteiger partial charge in [0.2, 0.25) is 11.7 Å². The Bertz CT molecular complexity index is 991. The first-order valence-corrected chi connectivity index (χ1v) is 8.87. The third kappa shape index (κ3) is 3.13. The fourth-order valence-electron chi connectivity index (χ4n) is 3.43. The van der Waals surface area contributed by atoms with Crippen LogP contribution >= 0.6 is 0 Å². The molecule has 0 radical (unpaired) electrons. The van der Waals surface area contributed by atoms with Gasteiger partial charge in [0.05, 0.1) is 12.6 Å². The zero-order valence-electron chi connectivity index (χ0n) is 14.6. The number of nitrogens with one attached hydrogen (secondary N) is 1. The quantitative estimate of drug-likeness (QED) is 0.581. The summed E-state index contributed by atoms with van der Waals surface area (Å²) in [5, 5.41) is 4.16. The Hall–Kier alpha value is -3.33. The van der Waals surface area contributed by atoms with Crippen LogP contribution in [0.25, 0.3) is 17.2 Å². The number of H-pyrrole nitrogens is 1. The standard InChI is InChI=1S/C18H18N8O/c1-2-14(25(8-1)11-15-20-5-6-21-15)18-23-17(24-27-18)13-3-4-16(22-10-13)26-9-7-19-12-26/h3-7,9-10,12,14H,1-2,8,11H2,(H,20,21). The van der Waals surface area contributed by atoms with E-state index >= 15 is 0 Å². The van der Waals surface area contributed by atoms with Crippen LogP contribution in [-0.4, -0.2) is 46.1 Å². The largest absolute Gasteiger partial charge is 0.348 e. The highest BCUT2D eigenvalue weighted by atomic mass is 16.5. The van der Waals surface area contributed by atoms with Crippen LogP contribution in [0, 0.1) is 0 Å². The first-order valence-electron chi connectivity index (χ1n) is 8.87. The van der Waals surface area contributed by atoms with E-state index in [2.05, 4.69) is 35.0 Å². The molecule has 27 heavy (non-hydrogen) atoms. The molecular formula is C18H18N8O. The van der Waals surface area contributed by atoms with E-state index in [1.807, 2.05) is 29.1 Å². The van der Waals surface area contributed by atoms with E-state index in [0.717, 1.165) is 43.1 Å². The molecule has 1 aliphatic rings. The number of likely N-dealkylation sites (tertiary alicyclic amines) is 1. The van der Waals surface area contributed by atoms with Gasteiger partial charge in [0.15, 0.2) is 0 Å². The lowest BCUT2D eigenvalue weighted by Crippen LogP contribution is -2.23. The third-order valence-corrected chi connectivity index (χ3v) is 4.77. The van der Waals surface area contributed by atoms with Gasteiger partial charge < -0.3 is 9.51 Å². The van der Waals surface area contributed by atoms with E-state index in [1.165, 1.54) is 0 Å². The predicted octanol–water partition coefficient (Wildman–Crippen LogP) is 2.38. The van der Waals surface area contributed by atoms with Crippen molar-refractivity contribution in [3.8, 4) is 17.2 Å². The van der Waals surface area contributed by atoms with Crippen molar-refractivity contribution < 1.29 is 4.52 Å². The highest BCUT2D eigenvalue weighted by molar-refractivity contribution is 5.53. The van der Waals surface area contributed by atoms with Gasteiger partial charge in [-0.2, -0.15) is 4.98 Å². The number of rotatable bonds is 5. The Kier molecular flexibility index (Phi) is 3.98. The first-order chi connectivity index (χ1) is 13.4. The third-order valence-electron chi connectivity index (χ3n) is 4.77. The van der Waals surface area contributed by atoms with E-state index in [9.17, 15) is 0 Å². The molecule has 5 heterocycles. The van der Waals surface area contributed by atoms with Crippen molar-refractivity contribution in [3.05, 3.63) is 61.2 Å². The summed E-state index contributed by atoms with van der Waals surface area (Å²) in [6.45, 7) is 1.74. The lowest BCUT2D eigenvalue weighted by Gasteiger charge is -2.19. The topological polar surface area (TPSA) is 102 Å². The molecule has 0 spiro atoms. The fourth-order valence-corrected chi connectivity index (χ4v) is 3.43. The molecule has 136 valence electrons. The summed E-state index contributed by atoms with van der Waals surface area (Å²) < 4.78 is 7.42. The molecule has 4 aromatic heterocycles. The van der Waals surface area contributed by atoms with E-state index < -0.39 is 0 Å². The van der Waals surface area contributed by atoms with Crippen molar-refractivity contribution in [3.63, 3.8) is 0 Å². The van der Waals surface area contributed by atoms with Gasteiger partial charge in [-0.1, -0.05) is 5.16 Å². The fraction of sp³-hybridized carbons (Fsp3) is 0.278. The first kappa shape index (κ1) is 15.9. The summed E-state index contributed by atoms with van der Waals surface area (Å²) in [5.41, 5.74) is 0.824. The second-order valence-electron chi connectivity index (χ2n) is 6.50. The van der Waals surface area contributed by atoms with Crippen LogP contribution in [0.3, 0.4) is 0 Å². The summed E-state index contributed by atoms with van der Waals surface area (Å²) in [7, 11) is 0. The smallest absolute Gasteiger partial charge is 0.244 e. The number of aromatic amines is 1. The van der Waals surface area contributed by atoms with Gasteiger partial charge >= 0.3 is 0 Å². The number of imidazole rings is 2. The van der Waals surface area contributed by atoms with Crippen LogP contribution < -0.4 is 0 Å². The van der Waals surface area contributed by atoms with Gasteiger partial charge in [0.25, 0.3) is 0 Å². The Morgan fingerprint density at radius 1 is 1.22 bits per heavy atom. The lowest BCUT2D eigenvalue weighted by atomic mass is 10.2. The molecule has 1 fully saturated rings. The van der Waals surface area contributed by atoms with Crippen LogP contribution in [0.2, 0.25) is 0 Å². The zero-order valence-corrected chi connectivity index (χ0v) is 14.6. The summed E-state index contributed by atoms with van der Waals surface area (Å²) in [4.78, 5) is 22.9. The maximum Gasteiger partial charge on any atom is 0.244 e. The van der Waals surface area contributed by atoms with Crippen LogP contribution in [0.5, 0.6) is 0 Å². The zero-order chi connectivity index (χ0) is 18.1. The molecular weight excluding hydrogens is 344 g/mol. The SMILES string of the molecule is c1cn(-c2ccc(-c3noc(C4CCCN4Cc4ncc[nH]4)n3)cn2)cn1. The van der Waals surface area contributed by atoms with Crippen molar-refractivity contribution in [2.45, 2.75) is 25.4 Å². The molecule has 9 nitrogen and oxygen atoms in total. The van der Waals surface area contributed by atoms with Crippen molar-refractivity contribution in [2.75, 3.05) is 6.54 Å². The molecule has 5 rings (SSSR count). The van der Waals surface area contributed by atoms with Gasteiger partial charge in [-0.15, -0.1) is 0 Å². The Balaban J connectivity index is 1.34. The Morgan fingerprint density at radius 2 is 2.22 bits per heavy atom. The molecule has 0 bridgehead atoms. The molecule has 0 saturated carbocycles. The number of pyridine rings is 1. The average molecular weight is 362 g/mol. The predicted molar refractivity (Wildman–Crippen MR) is 95.6 cm³/mol. The monoisotopic (exact) mass is 362 g/mol. The molecule has 0 aromatic carbocycles. The molecule has 1 atom stereocenters. The Morgan fingerprint density at radius 3 is 3.00 bits per heavy atom. The summed E-state index contributed by atoms with van der Waals surface area (Å²) >= 11 is 0. The van der Waals surface area contributed by atoms with Gasteiger partial charge in [-0.25, -0.2) is 15.0 Å². The second-order valence-corrected chi connectivity index (χ2v) is 6.50. The van der Waals surface area contributed by atoms with Crippen molar-refractivity contribution in [2.24, 2.45) is 0 Å². The summed E-state index contributed by atoms with van der Waals surface area (Å²) in [6.07, 6.45) is 12.7. The van der Waals surface area contributed by atoms with Crippen LogP contribution in [0.15, 0.2) is 54.0 Å². The molecule has 1 N–H and O–H groups in total. The van der Waals surface area contributed by atoms with E-state index in [0.29, 0.717) is 11.7 Å². The second kappa shape index (κ2) is 6.76. The summed E-state index contributed by atoms with van der Waals surface area (Å²) in [6, 6.07) is 3.97. The minimum absolute atomic E-state index is 0.120. The molecule has 4 aromatic rings. The van der Waals surface area contributed by atoms with E-state index in [4.69, 9.17) is 4.52 Å². The number of hydrogen-bond acceptors (Lipinski definition) is 7. The molecule has 0 aliphatic carbocycles. The van der Waals surface area contributed by atoms with Crippen molar-refractivity contribution in [1.82, 2.24) is 39.5 Å². The lowest BCUT2D eigenvalue weighted by molar-refractivity contribution is 0.197. The average Bonchev–Trinajstić information content (AvgIpc) is 3.48. The van der Waals surface area contributed by atoms with Gasteiger partial charge in [-0.3, -0.25) is 9.47 Å². The van der Waals surface area contributed by atoms with Gasteiger partial charge in [0, 0.05) is 36.5 Å². The van der Waals surface area contributed by atoms with Gasteiger partial charge in [0.1, 0.15) is 18.0 Å². The van der Waals surface area contributed by atoms with E-state index in [1.54, 1.807) is 24.9 Å². The molecule has 9 heteroatoms. The Labute approximate surface area is 155 Å².